The molecule has 0 aromatic heterocycles. The number of ether oxygens (including phenoxy) is 1. The first-order chi connectivity index (χ1) is 10.9. The fraction of sp³-hybridized carbons (Fsp3) is 0.632. The lowest BCUT2D eigenvalue weighted by molar-refractivity contribution is 0.0263. The van der Waals surface area contributed by atoms with Crippen molar-refractivity contribution in [2.45, 2.75) is 52.6 Å². The average molecular weight is 318 g/mol. The summed E-state index contributed by atoms with van der Waals surface area (Å²) in [4.78, 5) is 16.4. The molecule has 1 saturated heterocycles. The maximum atomic E-state index is 12.2. The van der Waals surface area contributed by atoms with E-state index in [9.17, 15) is 4.79 Å². The lowest BCUT2D eigenvalue weighted by Gasteiger charge is -2.27. The molecule has 0 spiro atoms. The standard InChI is InChI=1S/C19H30N2O2/c1-5-7-16-8-10-17(11-9-16)20-12-6-13-21(15-14-20)18(22)23-19(2,3)4/h8-11H,5-7,12-15H2,1-4H3. The summed E-state index contributed by atoms with van der Waals surface area (Å²) in [6.45, 7) is 11.2. The largest absolute Gasteiger partial charge is 0.444 e. The fourth-order valence-corrected chi connectivity index (χ4v) is 2.85. The van der Waals surface area contributed by atoms with Crippen molar-refractivity contribution in [3.8, 4) is 0 Å². The molecule has 0 unspecified atom stereocenters. The number of hydrogen-bond donors (Lipinski definition) is 0. The van der Waals surface area contributed by atoms with Crippen LogP contribution in [0.2, 0.25) is 0 Å². The van der Waals surface area contributed by atoms with Gasteiger partial charge in [-0.3, -0.25) is 0 Å². The van der Waals surface area contributed by atoms with Gasteiger partial charge in [-0.05, 0) is 51.3 Å². The van der Waals surface area contributed by atoms with E-state index in [1.807, 2.05) is 25.7 Å². The van der Waals surface area contributed by atoms with E-state index in [0.717, 1.165) is 32.5 Å². The number of nitrogens with zero attached hydrogens (tertiary/aromatic N) is 2. The third-order valence-corrected chi connectivity index (χ3v) is 3.99. The van der Waals surface area contributed by atoms with Crippen molar-refractivity contribution in [1.82, 2.24) is 4.90 Å². The van der Waals surface area contributed by atoms with Gasteiger partial charge in [0, 0.05) is 31.9 Å². The predicted molar refractivity (Wildman–Crippen MR) is 95.1 cm³/mol. The molecule has 0 saturated carbocycles. The van der Waals surface area contributed by atoms with E-state index in [0.29, 0.717) is 6.54 Å². The molecule has 0 radical (unpaired) electrons. The number of benzene rings is 1. The number of rotatable bonds is 3. The highest BCUT2D eigenvalue weighted by molar-refractivity contribution is 5.68. The number of aryl methyl sites for hydroxylation is 1. The number of hydrogen-bond acceptors (Lipinski definition) is 3. The Kier molecular flexibility index (Phi) is 5.91. The van der Waals surface area contributed by atoms with E-state index in [-0.39, 0.29) is 6.09 Å². The van der Waals surface area contributed by atoms with Gasteiger partial charge < -0.3 is 14.5 Å². The van der Waals surface area contributed by atoms with Crippen molar-refractivity contribution < 1.29 is 9.53 Å². The molecule has 128 valence electrons. The lowest BCUT2D eigenvalue weighted by Crippen LogP contribution is -2.39. The van der Waals surface area contributed by atoms with Gasteiger partial charge in [-0.1, -0.05) is 25.5 Å². The molecule has 0 N–H and O–H groups in total. The predicted octanol–water partition coefficient (Wildman–Crippen LogP) is 4.09. The second-order valence-corrected chi connectivity index (χ2v) is 7.22. The van der Waals surface area contributed by atoms with Gasteiger partial charge >= 0.3 is 6.09 Å². The Bertz CT molecular complexity index is 505. The first-order valence-corrected chi connectivity index (χ1v) is 8.71. The maximum absolute atomic E-state index is 12.2. The molecule has 0 atom stereocenters. The summed E-state index contributed by atoms with van der Waals surface area (Å²) in [5, 5.41) is 0. The van der Waals surface area contributed by atoms with Crippen molar-refractivity contribution in [3.63, 3.8) is 0 Å². The summed E-state index contributed by atoms with van der Waals surface area (Å²) in [6, 6.07) is 8.84. The maximum Gasteiger partial charge on any atom is 0.410 e. The normalized spacial score (nSPS) is 16.2. The Morgan fingerprint density at radius 2 is 1.78 bits per heavy atom. The Morgan fingerprint density at radius 3 is 2.39 bits per heavy atom. The first-order valence-electron chi connectivity index (χ1n) is 8.71. The number of carbonyl (C=O) groups excluding carboxylic acids is 1. The molecular formula is C19H30N2O2. The van der Waals surface area contributed by atoms with Crippen molar-refractivity contribution in [2.75, 3.05) is 31.1 Å². The monoisotopic (exact) mass is 318 g/mol. The van der Waals surface area contributed by atoms with Crippen molar-refractivity contribution in [1.29, 1.82) is 0 Å². The molecule has 4 heteroatoms. The van der Waals surface area contributed by atoms with Gasteiger partial charge in [0.15, 0.2) is 0 Å². The highest BCUT2D eigenvalue weighted by Crippen LogP contribution is 2.19. The molecule has 1 aromatic carbocycles. The fourth-order valence-electron chi connectivity index (χ4n) is 2.85. The van der Waals surface area contributed by atoms with Crippen LogP contribution in [0.4, 0.5) is 10.5 Å². The number of amides is 1. The zero-order valence-electron chi connectivity index (χ0n) is 15.0. The minimum Gasteiger partial charge on any atom is -0.444 e. The van der Waals surface area contributed by atoms with E-state index in [4.69, 9.17) is 4.74 Å². The van der Waals surface area contributed by atoms with Crippen molar-refractivity contribution in [3.05, 3.63) is 29.8 Å². The Hall–Kier alpha value is -1.71. The highest BCUT2D eigenvalue weighted by Gasteiger charge is 2.24. The van der Waals surface area contributed by atoms with E-state index in [1.165, 1.54) is 17.7 Å². The van der Waals surface area contributed by atoms with Gasteiger partial charge in [0.1, 0.15) is 5.60 Å². The zero-order valence-corrected chi connectivity index (χ0v) is 15.0. The zero-order chi connectivity index (χ0) is 16.9. The first kappa shape index (κ1) is 17.6. The Morgan fingerprint density at radius 1 is 1.09 bits per heavy atom. The van der Waals surface area contributed by atoms with E-state index < -0.39 is 5.60 Å². The molecular weight excluding hydrogens is 288 g/mol. The molecule has 2 rings (SSSR count). The molecule has 1 amide bonds. The molecule has 0 aliphatic carbocycles. The second kappa shape index (κ2) is 7.71. The van der Waals surface area contributed by atoms with Crippen LogP contribution in [0.3, 0.4) is 0 Å². The van der Waals surface area contributed by atoms with Crippen molar-refractivity contribution >= 4 is 11.8 Å². The van der Waals surface area contributed by atoms with Crippen LogP contribution in [0.15, 0.2) is 24.3 Å². The van der Waals surface area contributed by atoms with Crippen LogP contribution in [-0.4, -0.2) is 42.8 Å². The molecule has 0 bridgehead atoms. The van der Waals surface area contributed by atoms with Crippen LogP contribution in [0.1, 0.15) is 46.1 Å². The molecule has 1 fully saturated rings. The van der Waals surface area contributed by atoms with E-state index in [1.54, 1.807) is 0 Å². The summed E-state index contributed by atoms with van der Waals surface area (Å²) in [5.41, 5.74) is 2.20. The lowest BCUT2D eigenvalue weighted by atomic mass is 10.1. The van der Waals surface area contributed by atoms with E-state index in [2.05, 4.69) is 36.1 Å². The third-order valence-electron chi connectivity index (χ3n) is 3.99. The highest BCUT2D eigenvalue weighted by atomic mass is 16.6. The minimum atomic E-state index is -0.432. The molecule has 23 heavy (non-hydrogen) atoms. The molecule has 1 aliphatic heterocycles. The van der Waals surface area contributed by atoms with Gasteiger partial charge in [0.2, 0.25) is 0 Å². The summed E-state index contributed by atoms with van der Waals surface area (Å²) < 4.78 is 5.48. The summed E-state index contributed by atoms with van der Waals surface area (Å²) in [7, 11) is 0. The van der Waals surface area contributed by atoms with Gasteiger partial charge in [-0.2, -0.15) is 0 Å². The topological polar surface area (TPSA) is 32.8 Å². The van der Waals surface area contributed by atoms with Crippen LogP contribution in [0.25, 0.3) is 0 Å². The molecule has 1 aromatic rings. The Balaban J connectivity index is 1.94. The van der Waals surface area contributed by atoms with Crippen molar-refractivity contribution in [2.24, 2.45) is 0 Å². The SMILES string of the molecule is CCCc1ccc(N2CCCN(C(=O)OC(C)(C)C)CC2)cc1. The summed E-state index contributed by atoms with van der Waals surface area (Å²) >= 11 is 0. The number of anilines is 1. The van der Waals surface area contributed by atoms with Crippen LogP contribution in [0.5, 0.6) is 0 Å². The molecule has 4 nitrogen and oxygen atoms in total. The van der Waals surface area contributed by atoms with Crippen LogP contribution < -0.4 is 4.90 Å². The Labute approximate surface area is 140 Å². The summed E-state index contributed by atoms with van der Waals surface area (Å²) in [6.07, 6.45) is 3.08. The average Bonchev–Trinajstić information content (AvgIpc) is 2.73. The molecule has 1 heterocycles. The summed E-state index contributed by atoms with van der Waals surface area (Å²) in [5.74, 6) is 0. The molecule has 1 aliphatic rings. The van der Waals surface area contributed by atoms with Crippen LogP contribution in [0, 0.1) is 0 Å². The quantitative estimate of drug-likeness (QED) is 0.841. The van der Waals surface area contributed by atoms with Crippen LogP contribution in [-0.2, 0) is 11.2 Å². The van der Waals surface area contributed by atoms with E-state index >= 15 is 0 Å². The van der Waals surface area contributed by atoms with Gasteiger partial charge in [0.25, 0.3) is 0 Å². The van der Waals surface area contributed by atoms with Gasteiger partial charge in [0.05, 0.1) is 0 Å². The van der Waals surface area contributed by atoms with Gasteiger partial charge in [-0.15, -0.1) is 0 Å². The number of carbonyl (C=O) groups is 1. The minimum absolute atomic E-state index is 0.197. The third kappa shape index (κ3) is 5.45. The smallest absolute Gasteiger partial charge is 0.410 e. The van der Waals surface area contributed by atoms with Gasteiger partial charge in [-0.25, -0.2) is 4.79 Å². The van der Waals surface area contributed by atoms with Crippen LogP contribution >= 0.6 is 0 Å². The second-order valence-electron chi connectivity index (χ2n) is 7.22.